The number of nitrogens with zero attached hydrogens (tertiary/aromatic N) is 2. The minimum Gasteiger partial charge on any atom is -0.450 e. The van der Waals surface area contributed by atoms with Gasteiger partial charge in [-0.1, -0.05) is 5.69 Å². The van der Waals surface area contributed by atoms with Crippen LogP contribution >= 0.6 is 0 Å². The molecule has 0 aromatic carbocycles. The molecule has 0 atom stereocenters. The quantitative estimate of drug-likeness (QED) is 0.692. The first kappa shape index (κ1) is 14.3. The summed E-state index contributed by atoms with van der Waals surface area (Å²) in [6.07, 6.45) is 1.37. The number of nitrogens with one attached hydrogen (secondary N) is 2. The van der Waals surface area contributed by atoms with E-state index in [0.29, 0.717) is 17.2 Å². The smallest absolute Gasteiger partial charge is 0.242 e. The molecule has 5 nitrogen and oxygen atoms in total. The van der Waals surface area contributed by atoms with Gasteiger partial charge in [0.05, 0.1) is 12.4 Å². The summed E-state index contributed by atoms with van der Waals surface area (Å²) in [5, 5.41) is 5.49. The largest absolute Gasteiger partial charge is 0.450 e. The first-order chi connectivity index (χ1) is 6.77. The molecule has 0 saturated carbocycles. The molecule has 0 spiro atoms. The van der Waals surface area contributed by atoms with E-state index in [2.05, 4.69) is 34.4 Å². The van der Waals surface area contributed by atoms with Gasteiger partial charge in [-0.05, 0) is 5.69 Å². The van der Waals surface area contributed by atoms with Crippen molar-refractivity contribution in [2.24, 2.45) is 0 Å². The third-order valence-corrected chi connectivity index (χ3v) is 1.61. The predicted octanol–water partition coefficient (Wildman–Crippen LogP) is 0.861. The van der Waals surface area contributed by atoms with Crippen molar-refractivity contribution < 1.29 is 37.5 Å². The summed E-state index contributed by atoms with van der Waals surface area (Å²) in [6.45, 7) is 8.95. The van der Waals surface area contributed by atoms with E-state index in [1.54, 1.807) is 6.92 Å². The summed E-state index contributed by atoms with van der Waals surface area (Å²) in [5.41, 5.74) is 1.30. The maximum Gasteiger partial charge on any atom is 0.242 e. The minimum absolute atomic E-state index is 0. The maximum absolute atomic E-state index is 10.9. The minimum atomic E-state index is -0.0967. The molecule has 0 fully saturated rings. The SMILES string of the molecule is [CH2-]C.[CH2-]c1ncnc2c1NCC(=O)N2.[Y]. The number of aromatic nitrogens is 2. The average molecular weight is 281 g/mol. The molecule has 1 radical (unpaired) electrons. The Bertz CT molecular complexity index is 343. The van der Waals surface area contributed by atoms with Crippen LogP contribution in [0.2, 0.25) is 0 Å². The van der Waals surface area contributed by atoms with Crippen molar-refractivity contribution in [1.29, 1.82) is 0 Å². The molecule has 0 unspecified atom stereocenters. The summed E-state index contributed by atoms with van der Waals surface area (Å²) in [5.74, 6) is 0.409. The molecule has 1 aromatic rings. The first-order valence-corrected chi connectivity index (χ1v) is 4.19. The molecule has 1 amide bonds. The molecule has 6 heteroatoms. The Hall–Kier alpha value is -0.676. The second kappa shape index (κ2) is 6.74. The fourth-order valence-electron chi connectivity index (χ4n) is 1.05. The Morgan fingerprint density at radius 3 is 2.73 bits per heavy atom. The Labute approximate surface area is 114 Å². The molecule has 2 heterocycles. The van der Waals surface area contributed by atoms with Gasteiger partial charge >= 0.3 is 0 Å². The molecular weight excluding hydrogens is 269 g/mol. The first-order valence-electron chi connectivity index (χ1n) is 4.19. The molecule has 0 saturated heterocycles. The van der Waals surface area contributed by atoms with Gasteiger partial charge < -0.3 is 17.6 Å². The van der Waals surface area contributed by atoms with Crippen LogP contribution < -0.4 is 10.6 Å². The molecule has 15 heavy (non-hydrogen) atoms. The molecule has 0 bridgehead atoms. The van der Waals surface area contributed by atoms with Crippen molar-refractivity contribution in [3.8, 4) is 0 Å². The van der Waals surface area contributed by atoms with E-state index >= 15 is 0 Å². The van der Waals surface area contributed by atoms with Crippen LogP contribution in [0.1, 0.15) is 12.6 Å². The van der Waals surface area contributed by atoms with E-state index in [-0.39, 0.29) is 45.2 Å². The Morgan fingerprint density at radius 1 is 1.40 bits per heavy atom. The number of fused-ring (bicyclic) bond motifs is 1. The van der Waals surface area contributed by atoms with Crippen molar-refractivity contribution in [2.45, 2.75) is 6.92 Å². The molecule has 2 N–H and O–H groups in total. The van der Waals surface area contributed by atoms with Crippen molar-refractivity contribution in [2.75, 3.05) is 17.2 Å². The Kier molecular flexibility index (Phi) is 6.44. The van der Waals surface area contributed by atoms with E-state index in [1.807, 2.05) is 0 Å². The van der Waals surface area contributed by atoms with E-state index in [4.69, 9.17) is 0 Å². The molecule has 1 aromatic heterocycles. The van der Waals surface area contributed by atoms with E-state index in [9.17, 15) is 4.79 Å². The van der Waals surface area contributed by atoms with E-state index in [0.717, 1.165) is 0 Å². The van der Waals surface area contributed by atoms with Crippen LogP contribution in [0.3, 0.4) is 0 Å². The van der Waals surface area contributed by atoms with Gasteiger partial charge in [0.1, 0.15) is 6.33 Å². The number of carbonyl (C=O) groups is 1. The summed E-state index contributed by atoms with van der Waals surface area (Å²) >= 11 is 0. The van der Waals surface area contributed by atoms with Gasteiger partial charge in [-0.25, -0.2) is 11.9 Å². The third-order valence-electron chi connectivity index (χ3n) is 1.61. The number of carbonyl (C=O) groups excluding carboxylic acids is 1. The number of amides is 1. The maximum atomic E-state index is 10.9. The van der Waals surface area contributed by atoms with Crippen LogP contribution in [-0.4, -0.2) is 22.4 Å². The third kappa shape index (κ3) is 3.43. The van der Waals surface area contributed by atoms with Gasteiger partial charge in [0, 0.05) is 32.7 Å². The van der Waals surface area contributed by atoms with Gasteiger partial charge in [0.2, 0.25) is 5.91 Å². The van der Waals surface area contributed by atoms with Gasteiger partial charge in [-0.2, -0.15) is 6.92 Å². The van der Waals surface area contributed by atoms with Crippen molar-refractivity contribution >= 4 is 17.4 Å². The summed E-state index contributed by atoms with van der Waals surface area (Å²) in [7, 11) is 0. The monoisotopic (exact) mass is 281 g/mol. The number of anilines is 2. The summed E-state index contributed by atoms with van der Waals surface area (Å²) in [4.78, 5) is 18.6. The summed E-state index contributed by atoms with van der Waals surface area (Å²) in [6, 6.07) is 0. The van der Waals surface area contributed by atoms with Gasteiger partial charge in [-0.15, -0.1) is 0 Å². The average Bonchev–Trinajstić information content (AvgIpc) is 2.21. The zero-order valence-electron chi connectivity index (χ0n) is 8.58. The van der Waals surface area contributed by atoms with E-state index < -0.39 is 0 Å². The zero-order valence-corrected chi connectivity index (χ0v) is 11.4. The topological polar surface area (TPSA) is 66.9 Å². The zero-order chi connectivity index (χ0) is 10.6. The second-order valence-electron chi connectivity index (χ2n) is 2.45. The van der Waals surface area contributed by atoms with Crippen LogP contribution in [0.15, 0.2) is 6.33 Å². The second-order valence-corrected chi connectivity index (χ2v) is 2.45. The Balaban J connectivity index is 0.000000617. The number of rotatable bonds is 0. The number of hydrogen-bond donors (Lipinski definition) is 2. The molecule has 2 rings (SSSR count). The van der Waals surface area contributed by atoms with Gasteiger partial charge in [0.15, 0.2) is 0 Å². The molecule has 0 aliphatic carbocycles. The van der Waals surface area contributed by atoms with Crippen LogP contribution in [0, 0.1) is 13.8 Å². The van der Waals surface area contributed by atoms with Crippen molar-refractivity contribution in [3.63, 3.8) is 0 Å². The van der Waals surface area contributed by atoms with Crippen LogP contribution in [0.25, 0.3) is 0 Å². The van der Waals surface area contributed by atoms with Crippen LogP contribution in [0.5, 0.6) is 0 Å². The number of hydrogen-bond acceptors (Lipinski definition) is 4. The molecular formula is C9H12N4OY-2. The van der Waals surface area contributed by atoms with Crippen LogP contribution in [0.4, 0.5) is 11.5 Å². The molecule has 79 valence electrons. The fourth-order valence-corrected chi connectivity index (χ4v) is 1.05. The van der Waals surface area contributed by atoms with Gasteiger partial charge in [-0.3, -0.25) is 9.78 Å². The normalized spacial score (nSPS) is 12.0. The van der Waals surface area contributed by atoms with Crippen molar-refractivity contribution in [1.82, 2.24) is 9.97 Å². The standard InChI is InChI=1S/C7H7N4O.C2H5.Y/c1-4-6-7(10-3-9-4)11-5(12)2-8-6;1-2;/h3,8H,1-2H2,(H,9,10,11,12);1H2,2H3;/q2*-1;. The van der Waals surface area contributed by atoms with Crippen LogP contribution in [-0.2, 0) is 37.5 Å². The molecule has 1 aliphatic heterocycles. The summed E-state index contributed by atoms with van der Waals surface area (Å²) < 4.78 is 0. The Morgan fingerprint density at radius 2 is 2.07 bits per heavy atom. The van der Waals surface area contributed by atoms with E-state index in [1.165, 1.54) is 6.33 Å². The molecule has 1 aliphatic rings. The van der Waals surface area contributed by atoms with Gasteiger partial charge in [0.25, 0.3) is 0 Å². The van der Waals surface area contributed by atoms with Crippen molar-refractivity contribution in [3.05, 3.63) is 25.9 Å². The fraction of sp³-hybridized carbons (Fsp3) is 0.222. The predicted molar refractivity (Wildman–Crippen MR) is 54.6 cm³/mol.